The minimum atomic E-state index is 0.976. The van der Waals surface area contributed by atoms with Gasteiger partial charge in [0.15, 0.2) is 0 Å². The molecule has 1 atom stereocenters. The lowest BCUT2D eigenvalue weighted by atomic mass is 10.3. The first kappa shape index (κ1) is 6.76. The van der Waals surface area contributed by atoms with Crippen molar-refractivity contribution in [1.82, 2.24) is 0 Å². The maximum atomic E-state index is 5.35. The van der Waals surface area contributed by atoms with E-state index in [0.717, 1.165) is 17.8 Å². The van der Waals surface area contributed by atoms with Crippen LogP contribution >= 0.6 is 0 Å². The molecule has 0 bridgehead atoms. The Morgan fingerprint density at radius 1 is 1.86 bits per heavy atom. The van der Waals surface area contributed by atoms with Gasteiger partial charge in [-0.25, -0.2) is 0 Å². The van der Waals surface area contributed by atoms with Crippen LogP contribution in [0.15, 0.2) is 12.7 Å². The third-order valence-corrected chi connectivity index (χ3v) is 0.743. The Kier molecular flexibility index (Phi) is 3.81. The number of quaternary nitrogens is 1. The zero-order valence-corrected chi connectivity index (χ0v) is 4.78. The molecule has 2 heteroatoms. The third-order valence-electron chi connectivity index (χ3n) is 0.743. The summed E-state index contributed by atoms with van der Waals surface area (Å²) in [6.07, 6.45) is 2.87. The Morgan fingerprint density at radius 2 is 2.43 bits per heavy atom. The molecule has 2 radical (unpaired) electrons. The second kappa shape index (κ2) is 3.94. The predicted octanol–water partition coefficient (Wildman–Crippen LogP) is -0.839. The zero-order chi connectivity index (χ0) is 5.70. The summed E-state index contributed by atoms with van der Waals surface area (Å²) in [5.41, 5.74) is 0. The smallest absolute Gasteiger partial charge is 0.410 e. The highest BCUT2D eigenvalue weighted by Crippen LogP contribution is 1.67. The second-order valence-electron chi connectivity index (χ2n) is 1.67. The summed E-state index contributed by atoms with van der Waals surface area (Å²) in [7, 11) is 7.27. The van der Waals surface area contributed by atoms with Gasteiger partial charge in [0.1, 0.15) is 0 Å². The summed E-state index contributed by atoms with van der Waals surface area (Å²) in [6, 6.07) is 0. The fourth-order valence-corrected chi connectivity index (χ4v) is 0.330. The summed E-state index contributed by atoms with van der Waals surface area (Å²) >= 11 is 0. The van der Waals surface area contributed by atoms with Crippen LogP contribution in [0.2, 0.25) is 0 Å². The summed E-state index contributed by atoms with van der Waals surface area (Å²) in [5, 5.41) is 0. The van der Waals surface area contributed by atoms with Crippen molar-refractivity contribution in [3.8, 4) is 0 Å². The first-order valence-corrected chi connectivity index (χ1v) is 2.46. The lowest BCUT2D eigenvalue weighted by Crippen LogP contribution is -3.07. The van der Waals surface area contributed by atoms with E-state index in [2.05, 4.69) is 6.58 Å². The van der Waals surface area contributed by atoms with E-state index in [1.165, 1.54) is 0 Å². The highest BCUT2D eigenvalue weighted by Gasteiger charge is 1.86. The Morgan fingerprint density at radius 3 is 2.57 bits per heavy atom. The number of nitrogens with one attached hydrogen (secondary N) is 1. The molecule has 0 spiro atoms. The van der Waals surface area contributed by atoms with Gasteiger partial charge in [-0.2, -0.15) is 0 Å². The largest absolute Gasteiger partial charge is 0.479 e. The van der Waals surface area contributed by atoms with Gasteiger partial charge in [-0.15, -0.1) is 6.58 Å². The molecule has 0 aliphatic heterocycles. The molecule has 0 aromatic rings. The first-order chi connectivity index (χ1) is 3.27. The van der Waals surface area contributed by atoms with Crippen LogP contribution in [0.1, 0.15) is 6.42 Å². The van der Waals surface area contributed by atoms with Gasteiger partial charge in [-0.3, -0.25) is 0 Å². The maximum Gasteiger partial charge on any atom is 0.479 e. The van der Waals surface area contributed by atoms with E-state index in [9.17, 15) is 0 Å². The quantitative estimate of drug-likeness (QED) is 0.345. The van der Waals surface area contributed by atoms with Crippen LogP contribution in [0.4, 0.5) is 0 Å². The van der Waals surface area contributed by atoms with Crippen molar-refractivity contribution in [2.75, 3.05) is 13.6 Å². The molecule has 0 saturated heterocycles. The predicted molar refractivity (Wildman–Crippen MR) is 32.3 cm³/mol. The standard InChI is InChI=1S/C5H11BN/c1-3-4-5-7(2)6/h3,7H,1,4-5H2,2H3/q+1. The lowest BCUT2D eigenvalue weighted by molar-refractivity contribution is -0.753. The van der Waals surface area contributed by atoms with Gasteiger partial charge in [-0.05, 0) is 0 Å². The highest BCUT2D eigenvalue weighted by molar-refractivity contribution is 5.94. The molecule has 0 fully saturated rings. The molecule has 0 aromatic heterocycles. The van der Waals surface area contributed by atoms with Crippen LogP contribution in [0.25, 0.3) is 0 Å². The van der Waals surface area contributed by atoms with Crippen LogP contribution in [-0.2, 0) is 0 Å². The fourth-order valence-electron chi connectivity index (χ4n) is 0.330. The van der Waals surface area contributed by atoms with Gasteiger partial charge in [0, 0.05) is 13.5 Å². The van der Waals surface area contributed by atoms with Crippen LogP contribution in [0.5, 0.6) is 0 Å². The second-order valence-corrected chi connectivity index (χ2v) is 1.67. The van der Waals surface area contributed by atoms with E-state index >= 15 is 0 Å². The van der Waals surface area contributed by atoms with Crippen LogP contribution in [-0.4, -0.2) is 21.6 Å². The minimum Gasteiger partial charge on any atom is -0.410 e. The summed E-state index contributed by atoms with van der Waals surface area (Å²) < 4.78 is 0. The van der Waals surface area contributed by atoms with E-state index in [4.69, 9.17) is 7.98 Å². The summed E-state index contributed by atoms with van der Waals surface area (Å²) in [4.78, 5) is 0.986. The number of hydrogen-bond donors (Lipinski definition) is 1. The van der Waals surface area contributed by atoms with Gasteiger partial charge in [0.2, 0.25) is 0 Å². The molecule has 0 aliphatic carbocycles. The van der Waals surface area contributed by atoms with Crippen molar-refractivity contribution in [1.29, 1.82) is 0 Å². The molecule has 0 amide bonds. The fraction of sp³-hybridized carbons (Fsp3) is 0.600. The highest BCUT2D eigenvalue weighted by atomic mass is 15.0. The van der Waals surface area contributed by atoms with E-state index in [-0.39, 0.29) is 0 Å². The number of hydrogen-bond acceptors (Lipinski definition) is 0. The zero-order valence-electron chi connectivity index (χ0n) is 4.78. The van der Waals surface area contributed by atoms with E-state index in [0.29, 0.717) is 0 Å². The molecule has 1 unspecified atom stereocenters. The molecule has 7 heavy (non-hydrogen) atoms. The van der Waals surface area contributed by atoms with Gasteiger partial charge in [-0.1, -0.05) is 6.08 Å². The van der Waals surface area contributed by atoms with Gasteiger partial charge < -0.3 is 4.81 Å². The topological polar surface area (TPSA) is 4.44 Å². The molecule has 0 aromatic carbocycles. The van der Waals surface area contributed by atoms with Crippen LogP contribution in [0, 0.1) is 0 Å². The Bertz CT molecular complexity index is 52.0. The van der Waals surface area contributed by atoms with Gasteiger partial charge in [0.25, 0.3) is 0 Å². The Hall–Kier alpha value is -0.235. The Balaban J connectivity index is 2.81. The van der Waals surface area contributed by atoms with Crippen LogP contribution < -0.4 is 4.81 Å². The van der Waals surface area contributed by atoms with Gasteiger partial charge >= 0.3 is 7.98 Å². The molecule has 0 saturated carbocycles. The summed E-state index contributed by atoms with van der Waals surface area (Å²) in [6.45, 7) is 4.54. The van der Waals surface area contributed by atoms with E-state index in [1.807, 2.05) is 13.1 Å². The number of rotatable bonds is 3. The molecule has 0 heterocycles. The first-order valence-electron chi connectivity index (χ1n) is 2.46. The van der Waals surface area contributed by atoms with E-state index < -0.39 is 0 Å². The van der Waals surface area contributed by atoms with Crippen molar-refractivity contribution >= 4 is 7.98 Å². The summed E-state index contributed by atoms with van der Waals surface area (Å²) in [5.74, 6) is 0. The van der Waals surface area contributed by atoms with Crippen molar-refractivity contribution in [2.45, 2.75) is 6.42 Å². The van der Waals surface area contributed by atoms with Crippen molar-refractivity contribution in [2.24, 2.45) is 0 Å². The Labute approximate surface area is 46.4 Å². The normalized spacial score (nSPS) is 13.3. The SMILES string of the molecule is [B][NH+](C)CCC=C. The lowest BCUT2D eigenvalue weighted by Gasteiger charge is -2.02. The van der Waals surface area contributed by atoms with Crippen molar-refractivity contribution in [3.63, 3.8) is 0 Å². The molecule has 1 N–H and O–H groups in total. The average Bonchev–Trinajstić information content (AvgIpc) is 1.61. The maximum absolute atomic E-state index is 5.35. The van der Waals surface area contributed by atoms with Crippen LogP contribution in [0.3, 0.4) is 0 Å². The van der Waals surface area contributed by atoms with Gasteiger partial charge in [0.05, 0.1) is 6.54 Å². The minimum absolute atomic E-state index is 0.976. The average molecular weight is 96.0 g/mol. The molecule has 38 valence electrons. The monoisotopic (exact) mass is 96.1 g/mol. The molecule has 1 nitrogen and oxygen atoms in total. The molecular weight excluding hydrogens is 84.9 g/mol. The third kappa shape index (κ3) is 5.76. The van der Waals surface area contributed by atoms with Crippen molar-refractivity contribution in [3.05, 3.63) is 12.7 Å². The molecular formula is C5H11BN+. The molecule has 0 rings (SSSR count). The molecule has 0 aliphatic rings. The van der Waals surface area contributed by atoms with Crippen molar-refractivity contribution < 1.29 is 4.81 Å². The van der Waals surface area contributed by atoms with E-state index in [1.54, 1.807) is 0 Å².